The van der Waals surface area contributed by atoms with Gasteiger partial charge in [-0.3, -0.25) is 0 Å². The standard InChI is InChI=1S/C27H43N2S/c1-2-3-4-9-12-19-28-21-15-26(16-22-28)27-17-23-29(24-18-27)20-13-10-7-5-6-8-11-14-25-30/h15-18,21-24H,2-14,19-20,25H2,1H3/q+1/p+1. The van der Waals surface area contributed by atoms with Crippen LogP contribution in [0.3, 0.4) is 0 Å². The Bertz CT molecular complexity index is 652. The van der Waals surface area contributed by atoms with Gasteiger partial charge in [0.25, 0.3) is 0 Å². The summed E-state index contributed by atoms with van der Waals surface area (Å²) in [6, 6.07) is 9.02. The number of hydrogen-bond acceptors (Lipinski definition) is 1. The average Bonchev–Trinajstić information content (AvgIpc) is 2.79. The molecule has 0 saturated heterocycles. The Kier molecular flexibility index (Phi) is 13.6. The lowest BCUT2D eigenvalue weighted by molar-refractivity contribution is -0.697. The second-order valence-corrected chi connectivity index (χ2v) is 9.06. The zero-order valence-electron chi connectivity index (χ0n) is 19.3. The van der Waals surface area contributed by atoms with Crippen molar-refractivity contribution in [3.63, 3.8) is 0 Å². The van der Waals surface area contributed by atoms with Gasteiger partial charge in [0, 0.05) is 37.1 Å². The van der Waals surface area contributed by atoms with E-state index in [2.05, 4.69) is 77.7 Å². The molecule has 0 bridgehead atoms. The fraction of sp³-hybridized carbons (Fsp3) is 0.630. The van der Waals surface area contributed by atoms with Crippen LogP contribution in [0.1, 0.15) is 90.4 Å². The summed E-state index contributed by atoms with van der Waals surface area (Å²) in [6.45, 7) is 4.54. The number of rotatable bonds is 17. The molecule has 0 aliphatic heterocycles. The Hall–Kier alpha value is -1.35. The summed E-state index contributed by atoms with van der Waals surface area (Å²) in [7, 11) is 0. The van der Waals surface area contributed by atoms with Gasteiger partial charge >= 0.3 is 0 Å². The molecule has 2 nitrogen and oxygen atoms in total. The van der Waals surface area contributed by atoms with Gasteiger partial charge in [-0.2, -0.15) is 12.6 Å². The Morgan fingerprint density at radius 2 is 0.900 bits per heavy atom. The minimum absolute atomic E-state index is 1.04. The summed E-state index contributed by atoms with van der Waals surface area (Å²) < 4.78 is 4.65. The molecule has 166 valence electrons. The molecular weight excluding hydrogens is 384 g/mol. The highest BCUT2D eigenvalue weighted by Crippen LogP contribution is 2.16. The third-order valence-corrected chi connectivity index (χ3v) is 6.28. The van der Waals surface area contributed by atoms with E-state index in [1.165, 1.54) is 94.6 Å². The zero-order valence-corrected chi connectivity index (χ0v) is 20.2. The van der Waals surface area contributed by atoms with Crippen molar-refractivity contribution in [1.82, 2.24) is 0 Å². The maximum absolute atomic E-state index is 4.27. The van der Waals surface area contributed by atoms with Crippen LogP contribution >= 0.6 is 12.6 Å². The molecule has 0 N–H and O–H groups in total. The molecular formula is C27H44N2S+2. The van der Waals surface area contributed by atoms with Crippen molar-refractivity contribution in [2.45, 2.75) is 103 Å². The maximum Gasteiger partial charge on any atom is 0.169 e. The second-order valence-electron chi connectivity index (χ2n) is 8.62. The molecule has 0 fully saturated rings. The van der Waals surface area contributed by atoms with Gasteiger partial charge in [-0.15, -0.1) is 0 Å². The molecule has 0 spiro atoms. The van der Waals surface area contributed by atoms with E-state index in [1.807, 2.05) is 0 Å². The molecule has 0 atom stereocenters. The Labute approximate surface area is 191 Å². The van der Waals surface area contributed by atoms with Crippen molar-refractivity contribution in [3.05, 3.63) is 49.1 Å². The number of unbranched alkanes of at least 4 members (excludes halogenated alkanes) is 11. The van der Waals surface area contributed by atoms with Gasteiger partial charge in [-0.25, -0.2) is 9.13 Å². The van der Waals surface area contributed by atoms with Crippen LogP contribution in [0, 0.1) is 0 Å². The molecule has 2 aromatic heterocycles. The Morgan fingerprint density at radius 3 is 1.30 bits per heavy atom. The fourth-order valence-corrected chi connectivity index (χ4v) is 4.19. The molecule has 0 saturated carbocycles. The molecule has 2 heterocycles. The third-order valence-electron chi connectivity index (χ3n) is 5.96. The molecule has 0 aliphatic carbocycles. The van der Waals surface area contributed by atoms with E-state index in [-0.39, 0.29) is 0 Å². The average molecular weight is 429 g/mol. The first-order valence-corrected chi connectivity index (χ1v) is 13.1. The topological polar surface area (TPSA) is 7.76 Å². The minimum atomic E-state index is 1.04. The molecule has 2 aromatic rings. The van der Waals surface area contributed by atoms with E-state index in [1.54, 1.807) is 0 Å². The van der Waals surface area contributed by atoms with Crippen molar-refractivity contribution < 1.29 is 9.13 Å². The first-order valence-electron chi connectivity index (χ1n) is 12.4. The van der Waals surface area contributed by atoms with Crippen LogP contribution in [-0.4, -0.2) is 5.75 Å². The lowest BCUT2D eigenvalue weighted by Crippen LogP contribution is -2.33. The van der Waals surface area contributed by atoms with Crippen LogP contribution in [-0.2, 0) is 13.1 Å². The normalized spacial score (nSPS) is 11.1. The summed E-state index contributed by atoms with van der Waals surface area (Å²) in [5, 5.41) is 0. The third kappa shape index (κ3) is 10.6. The smallest absolute Gasteiger partial charge is 0.169 e. The first-order chi connectivity index (χ1) is 14.8. The summed E-state index contributed by atoms with van der Waals surface area (Å²) in [4.78, 5) is 0. The number of hydrogen-bond donors (Lipinski definition) is 1. The van der Waals surface area contributed by atoms with E-state index in [0.717, 1.165) is 18.8 Å². The van der Waals surface area contributed by atoms with E-state index < -0.39 is 0 Å². The van der Waals surface area contributed by atoms with Gasteiger partial charge in [0.2, 0.25) is 0 Å². The van der Waals surface area contributed by atoms with Crippen LogP contribution in [0.2, 0.25) is 0 Å². The molecule has 0 unspecified atom stereocenters. The molecule has 3 heteroatoms. The summed E-state index contributed by atoms with van der Waals surface area (Å²) in [5.74, 6) is 1.04. The molecule has 2 rings (SSSR count). The molecule has 0 radical (unpaired) electrons. The first kappa shape index (κ1) is 24.9. The molecule has 0 amide bonds. The zero-order chi connectivity index (χ0) is 21.3. The molecule has 0 aliphatic rings. The second kappa shape index (κ2) is 16.4. The highest BCUT2D eigenvalue weighted by molar-refractivity contribution is 7.80. The summed E-state index contributed by atoms with van der Waals surface area (Å²) in [5.41, 5.74) is 2.62. The Balaban J connectivity index is 1.64. The van der Waals surface area contributed by atoms with Crippen molar-refractivity contribution in [3.8, 4) is 11.1 Å². The highest BCUT2D eigenvalue weighted by atomic mass is 32.1. The minimum Gasteiger partial charge on any atom is -0.205 e. The van der Waals surface area contributed by atoms with Gasteiger partial charge in [-0.1, -0.05) is 58.3 Å². The Morgan fingerprint density at radius 1 is 0.533 bits per heavy atom. The number of thiol groups is 1. The lowest BCUT2D eigenvalue weighted by Gasteiger charge is -2.03. The lowest BCUT2D eigenvalue weighted by atomic mass is 10.1. The van der Waals surface area contributed by atoms with Gasteiger partial charge < -0.3 is 0 Å². The number of aromatic nitrogens is 2. The van der Waals surface area contributed by atoms with Gasteiger partial charge in [0.15, 0.2) is 24.8 Å². The van der Waals surface area contributed by atoms with Crippen LogP contribution in [0.4, 0.5) is 0 Å². The monoisotopic (exact) mass is 428 g/mol. The predicted molar refractivity (Wildman–Crippen MR) is 132 cm³/mol. The number of aryl methyl sites for hydroxylation is 2. The largest absolute Gasteiger partial charge is 0.205 e. The van der Waals surface area contributed by atoms with Crippen LogP contribution in [0.25, 0.3) is 11.1 Å². The summed E-state index contributed by atoms with van der Waals surface area (Å²) >= 11 is 4.27. The van der Waals surface area contributed by atoms with Crippen molar-refractivity contribution >= 4 is 12.6 Å². The van der Waals surface area contributed by atoms with Crippen molar-refractivity contribution in [1.29, 1.82) is 0 Å². The van der Waals surface area contributed by atoms with Gasteiger partial charge in [0.05, 0.1) is 0 Å². The maximum atomic E-state index is 4.27. The quantitative estimate of drug-likeness (QED) is 0.158. The van der Waals surface area contributed by atoms with E-state index in [4.69, 9.17) is 0 Å². The van der Waals surface area contributed by atoms with Gasteiger partial charge in [0.1, 0.15) is 13.1 Å². The van der Waals surface area contributed by atoms with E-state index >= 15 is 0 Å². The van der Waals surface area contributed by atoms with Crippen LogP contribution in [0.15, 0.2) is 49.1 Å². The van der Waals surface area contributed by atoms with E-state index in [9.17, 15) is 0 Å². The predicted octanol–water partition coefficient (Wildman–Crippen LogP) is 6.95. The van der Waals surface area contributed by atoms with Crippen LogP contribution in [0.5, 0.6) is 0 Å². The highest BCUT2D eigenvalue weighted by Gasteiger charge is 2.06. The molecule has 0 aromatic carbocycles. The van der Waals surface area contributed by atoms with Crippen LogP contribution < -0.4 is 9.13 Å². The van der Waals surface area contributed by atoms with Crippen molar-refractivity contribution in [2.75, 3.05) is 5.75 Å². The summed E-state index contributed by atoms with van der Waals surface area (Å²) in [6.07, 6.45) is 26.4. The number of nitrogens with zero attached hydrogens (tertiary/aromatic N) is 2. The molecule has 30 heavy (non-hydrogen) atoms. The van der Waals surface area contributed by atoms with E-state index in [0.29, 0.717) is 0 Å². The fourth-order valence-electron chi connectivity index (χ4n) is 3.96. The van der Waals surface area contributed by atoms with Gasteiger partial charge in [-0.05, 0) is 36.1 Å². The van der Waals surface area contributed by atoms with Crippen molar-refractivity contribution in [2.24, 2.45) is 0 Å². The number of pyridine rings is 2. The SMILES string of the molecule is CCCCCCC[n+]1ccc(-c2cc[n+](CCCCCCCCCCS)cc2)cc1.